The molecular weight excluding hydrogens is 208 g/mol. The van der Waals surface area contributed by atoms with Crippen molar-refractivity contribution in [3.63, 3.8) is 0 Å². The van der Waals surface area contributed by atoms with Crippen molar-refractivity contribution in [1.82, 2.24) is 4.90 Å². The van der Waals surface area contributed by atoms with Crippen LogP contribution in [-0.4, -0.2) is 24.5 Å². The Kier molecular flexibility index (Phi) is 2.93. The monoisotopic (exact) mass is 230 g/mol. The van der Waals surface area contributed by atoms with Crippen molar-refractivity contribution < 1.29 is 0 Å². The van der Waals surface area contributed by atoms with E-state index in [-0.39, 0.29) is 0 Å². The predicted octanol–water partition coefficient (Wildman–Crippen LogP) is 2.66. The van der Waals surface area contributed by atoms with Gasteiger partial charge in [-0.05, 0) is 56.3 Å². The van der Waals surface area contributed by atoms with E-state index in [1.165, 1.54) is 31.4 Å². The van der Waals surface area contributed by atoms with Crippen molar-refractivity contribution in [2.75, 3.05) is 13.6 Å². The highest BCUT2D eigenvalue weighted by Gasteiger charge is 2.33. The number of hydrogen-bond acceptors (Lipinski definition) is 2. The zero-order chi connectivity index (χ0) is 11.8. The summed E-state index contributed by atoms with van der Waals surface area (Å²) in [7, 11) is 2.22. The third-order valence-corrected chi connectivity index (χ3v) is 4.26. The second-order valence-corrected chi connectivity index (χ2v) is 5.63. The van der Waals surface area contributed by atoms with Crippen LogP contribution < -0.4 is 5.73 Å². The molecule has 1 saturated heterocycles. The minimum atomic E-state index is 0.300. The maximum absolute atomic E-state index is 6.35. The minimum Gasteiger partial charge on any atom is -0.326 e. The topological polar surface area (TPSA) is 29.3 Å². The number of piperidine rings is 1. The van der Waals surface area contributed by atoms with Crippen molar-refractivity contribution in [1.29, 1.82) is 0 Å². The second-order valence-electron chi connectivity index (χ2n) is 5.63. The summed E-state index contributed by atoms with van der Waals surface area (Å²) < 4.78 is 0. The first-order chi connectivity index (χ1) is 8.27. The SMILES string of the molecule is CN1CCCC(N)C1c1ccccc1C1CC1. The third kappa shape index (κ3) is 2.12. The van der Waals surface area contributed by atoms with Crippen molar-refractivity contribution >= 4 is 0 Å². The Balaban J connectivity index is 1.96. The number of hydrogen-bond donors (Lipinski definition) is 1. The first kappa shape index (κ1) is 11.2. The van der Waals surface area contributed by atoms with Crippen molar-refractivity contribution in [3.05, 3.63) is 35.4 Å². The van der Waals surface area contributed by atoms with Crippen LogP contribution in [0.2, 0.25) is 0 Å². The van der Waals surface area contributed by atoms with Gasteiger partial charge >= 0.3 is 0 Å². The number of rotatable bonds is 2. The van der Waals surface area contributed by atoms with E-state index < -0.39 is 0 Å². The molecule has 0 radical (unpaired) electrons. The lowest BCUT2D eigenvalue weighted by molar-refractivity contribution is 0.162. The molecule has 2 heteroatoms. The van der Waals surface area contributed by atoms with Crippen LogP contribution in [0, 0.1) is 0 Å². The highest BCUT2D eigenvalue weighted by atomic mass is 15.2. The highest BCUT2D eigenvalue weighted by molar-refractivity contribution is 5.36. The lowest BCUT2D eigenvalue weighted by Gasteiger charge is -2.38. The molecule has 2 unspecified atom stereocenters. The average Bonchev–Trinajstić information content (AvgIpc) is 3.13. The molecule has 2 atom stereocenters. The number of likely N-dealkylation sites (N-methyl/N-ethyl adjacent to an activating group) is 1. The Morgan fingerprint density at radius 2 is 1.82 bits per heavy atom. The maximum Gasteiger partial charge on any atom is 0.0499 e. The summed E-state index contributed by atoms with van der Waals surface area (Å²) in [5.41, 5.74) is 9.40. The van der Waals surface area contributed by atoms with Gasteiger partial charge in [0.15, 0.2) is 0 Å². The summed E-state index contributed by atoms with van der Waals surface area (Å²) in [6, 6.07) is 9.67. The molecule has 92 valence electrons. The number of nitrogens with zero attached hydrogens (tertiary/aromatic N) is 1. The van der Waals surface area contributed by atoms with Crippen LogP contribution in [0.15, 0.2) is 24.3 Å². The Bertz CT molecular complexity index is 388. The molecule has 1 aromatic carbocycles. The standard InChI is InChI=1S/C15H22N2/c1-17-10-4-7-14(16)15(17)13-6-3-2-5-12(13)11-8-9-11/h2-3,5-6,11,14-15H,4,7-10,16H2,1H3. The molecule has 1 aromatic rings. The largest absolute Gasteiger partial charge is 0.326 e. The average molecular weight is 230 g/mol. The molecule has 0 bridgehead atoms. The van der Waals surface area contributed by atoms with Crippen molar-refractivity contribution in [2.45, 2.75) is 43.7 Å². The summed E-state index contributed by atoms with van der Waals surface area (Å²) in [4.78, 5) is 2.44. The fourth-order valence-electron chi connectivity index (χ4n) is 3.21. The Morgan fingerprint density at radius 3 is 2.47 bits per heavy atom. The van der Waals surface area contributed by atoms with Crippen LogP contribution in [0.5, 0.6) is 0 Å². The van der Waals surface area contributed by atoms with Gasteiger partial charge in [0.25, 0.3) is 0 Å². The molecule has 2 fully saturated rings. The van der Waals surface area contributed by atoms with Gasteiger partial charge in [0.1, 0.15) is 0 Å². The van der Waals surface area contributed by atoms with Gasteiger partial charge in [0.05, 0.1) is 0 Å². The molecule has 1 saturated carbocycles. The van der Waals surface area contributed by atoms with Gasteiger partial charge in [-0.3, -0.25) is 4.90 Å². The summed E-state index contributed by atoms with van der Waals surface area (Å²) in [5, 5.41) is 0. The quantitative estimate of drug-likeness (QED) is 0.846. The fourth-order valence-corrected chi connectivity index (χ4v) is 3.21. The summed E-state index contributed by atoms with van der Waals surface area (Å²) in [6.07, 6.45) is 5.12. The molecule has 2 aliphatic rings. The van der Waals surface area contributed by atoms with E-state index in [0.29, 0.717) is 12.1 Å². The summed E-state index contributed by atoms with van der Waals surface area (Å²) in [5.74, 6) is 0.814. The van der Waals surface area contributed by atoms with E-state index >= 15 is 0 Å². The van der Waals surface area contributed by atoms with Crippen molar-refractivity contribution in [3.8, 4) is 0 Å². The summed E-state index contributed by atoms with van der Waals surface area (Å²) in [6.45, 7) is 1.18. The maximum atomic E-state index is 6.35. The second kappa shape index (κ2) is 4.43. The molecule has 1 aliphatic heterocycles. The third-order valence-electron chi connectivity index (χ3n) is 4.26. The lowest BCUT2D eigenvalue weighted by atomic mass is 9.87. The molecule has 2 N–H and O–H groups in total. The smallest absolute Gasteiger partial charge is 0.0499 e. The molecule has 1 aliphatic carbocycles. The predicted molar refractivity (Wildman–Crippen MR) is 71.0 cm³/mol. The molecule has 17 heavy (non-hydrogen) atoms. The highest BCUT2D eigenvalue weighted by Crippen LogP contribution is 2.44. The Morgan fingerprint density at radius 1 is 1.12 bits per heavy atom. The van der Waals surface area contributed by atoms with E-state index in [9.17, 15) is 0 Å². The van der Waals surface area contributed by atoms with E-state index in [4.69, 9.17) is 5.73 Å². The lowest BCUT2D eigenvalue weighted by Crippen LogP contribution is -2.44. The van der Waals surface area contributed by atoms with Gasteiger partial charge in [0, 0.05) is 12.1 Å². The van der Waals surface area contributed by atoms with Crippen LogP contribution in [0.3, 0.4) is 0 Å². The zero-order valence-electron chi connectivity index (χ0n) is 10.6. The molecule has 0 amide bonds. The minimum absolute atomic E-state index is 0.300. The number of nitrogens with two attached hydrogens (primary N) is 1. The molecule has 3 rings (SSSR count). The van der Waals surface area contributed by atoms with Gasteiger partial charge in [0.2, 0.25) is 0 Å². The van der Waals surface area contributed by atoms with E-state index in [1.807, 2.05) is 0 Å². The molecule has 0 aromatic heterocycles. The van der Waals surface area contributed by atoms with Crippen LogP contribution in [-0.2, 0) is 0 Å². The molecule has 1 heterocycles. The van der Waals surface area contributed by atoms with Crippen LogP contribution in [0.1, 0.15) is 48.8 Å². The van der Waals surface area contributed by atoms with Crippen molar-refractivity contribution in [2.24, 2.45) is 5.73 Å². The van der Waals surface area contributed by atoms with Crippen LogP contribution in [0.25, 0.3) is 0 Å². The normalized spacial score (nSPS) is 30.5. The van der Waals surface area contributed by atoms with E-state index in [2.05, 4.69) is 36.2 Å². The van der Waals surface area contributed by atoms with Gasteiger partial charge in [-0.2, -0.15) is 0 Å². The van der Waals surface area contributed by atoms with Gasteiger partial charge < -0.3 is 5.73 Å². The van der Waals surface area contributed by atoms with Crippen LogP contribution in [0.4, 0.5) is 0 Å². The van der Waals surface area contributed by atoms with E-state index in [0.717, 1.165) is 12.3 Å². The van der Waals surface area contributed by atoms with E-state index in [1.54, 1.807) is 5.56 Å². The zero-order valence-corrected chi connectivity index (χ0v) is 10.6. The Hall–Kier alpha value is -0.860. The van der Waals surface area contributed by atoms with Gasteiger partial charge in [-0.25, -0.2) is 0 Å². The van der Waals surface area contributed by atoms with Gasteiger partial charge in [-0.15, -0.1) is 0 Å². The summed E-state index contributed by atoms with van der Waals surface area (Å²) >= 11 is 0. The molecule has 0 spiro atoms. The number of benzene rings is 1. The molecule has 2 nitrogen and oxygen atoms in total. The first-order valence-electron chi connectivity index (χ1n) is 6.82. The van der Waals surface area contributed by atoms with Crippen LogP contribution >= 0.6 is 0 Å². The fraction of sp³-hybridized carbons (Fsp3) is 0.600. The number of likely N-dealkylation sites (tertiary alicyclic amines) is 1. The molecular formula is C15H22N2. The first-order valence-corrected chi connectivity index (χ1v) is 6.82. The Labute approximate surface area is 104 Å². The van der Waals surface area contributed by atoms with Gasteiger partial charge in [-0.1, -0.05) is 24.3 Å².